The lowest BCUT2D eigenvalue weighted by atomic mass is 9.92. The molecule has 1 saturated heterocycles. The average molecular weight is 305 g/mol. The van der Waals surface area contributed by atoms with Crippen LogP contribution in [0.15, 0.2) is 10.9 Å². The lowest BCUT2D eigenvalue weighted by Gasteiger charge is -2.31. The van der Waals surface area contributed by atoms with Gasteiger partial charge in [0, 0.05) is 42.9 Å². The molecule has 3 rings (SSSR count). The number of rotatable bonds is 3. The SMILES string of the molecule is CN1CCc2c(cc(C(C)(C)N)c(=O)n2CC2CCCO2)C1. The van der Waals surface area contributed by atoms with Gasteiger partial charge in [-0.2, -0.15) is 0 Å². The first-order chi connectivity index (χ1) is 10.4. The van der Waals surface area contributed by atoms with Crippen molar-refractivity contribution < 1.29 is 4.74 Å². The number of hydrogen-bond acceptors (Lipinski definition) is 4. The standard InChI is InChI=1S/C17H27N3O2/c1-17(2,18)14-9-12-10-19(3)7-6-15(12)20(16(14)21)11-13-5-4-8-22-13/h9,13H,4-8,10-11,18H2,1-3H3. The van der Waals surface area contributed by atoms with E-state index in [1.165, 1.54) is 11.3 Å². The van der Waals surface area contributed by atoms with Crippen LogP contribution < -0.4 is 11.3 Å². The monoisotopic (exact) mass is 305 g/mol. The highest BCUT2D eigenvalue weighted by Gasteiger charge is 2.27. The maximum atomic E-state index is 13.0. The van der Waals surface area contributed by atoms with E-state index in [0.717, 1.165) is 39.0 Å². The van der Waals surface area contributed by atoms with Crippen molar-refractivity contribution in [2.45, 2.75) is 57.8 Å². The summed E-state index contributed by atoms with van der Waals surface area (Å²) in [5, 5.41) is 0. The van der Waals surface area contributed by atoms with E-state index in [0.29, 0.717) is 12.1 Å². The van der Waals surface area contributed by atoms with Gasteiger partial charge in [0.1, 0.15) is 0 Å². The number of aromatic nitrogens is 1. The number of nitrogens with zero attached hydrogens (tertiary/aromatic N) is 2. The van der Waals surface area contributed by atoms with E-state index in [1.807, 2.05) is 24.5 Å². The van der Waals surface area contributed by atoms with Gasteiger partial charge >= 0.3 is 0 Å². The second-order valence-corrected chi connectivity index (χ2v) is 7.29. The lowest BCUT2D eigenvalue weighted by Crippen LogP contribution is -2.43. The van der Waals surface area contributed by atoms with Gasteiger partial charge in [-0.1, -0.05) is 0 Å². The number of ether oxygens (including phenoxy) is 1. The van der Waals surface area contributed by atoms with Crippen molar-refractivity contribution in [1.82, 2.24) is 9.47 Å². The Morgan fingerprint density at radius 3 is 2.86 bits per heavy atom. The van der Waals surface area contributed by atoms with Gasteiger partial charge in [0.05, 0.1) is 12.6 Å². The summed E-state index contributed by atoms with van der Waals surface area (Å²) in [4.78, 5) is 15.3. The quantitative estimate of drug-likeness (QED) is 0.912. The number of hydrogen-bond donors (Lipinski definition) is 1. The Morgan fingerprint density at radius 1 is 1.45 bits per heavy atom. The first kappa shape index (κ1) is 15.7. The second-order valence-electron chi connectivity index (χ2n) is 7.29. The van der Waals surface area contributed by atoms with Crippen LogP contribution in [0.1, 0.15) is 43.5 Å². The molecule has 2 aliphatic rings. The molecule has 0 saturated carbocycles. The molecule has 5 heteroatoms. The van der Waals surface area contributed by atoms with Crippen molar-refractivity contribution >= 4 is 0 Å². The van der Waals surface area contributed by atoms with Crippen molar-refractivity contribution in [1.29, 1.82) is 0 Å². The molecule has 0 aliphatic carbocycles. The molecule has 0 spiro atoms. The predicted molar refractivity (Wildman–Crippen MR) is 86.9 cm³/mol. The van der Waals surface area contributed by atoms with Crippen LogP contribution in [0.4, 0.5) is 0 Å². The fourth-order valence-corrected chi connectivity index (χ4v) is 3.51. The van der Waals surface area contributed by atoms with Gasteiger partial charge in [-0.15, -0.1) is 0 Å². The summed E-state index contributed by atoms with van der Waals surface area (Å²) in [7, 11) is 2.12. The number of nitrogens with two attached hydrogens (primary N) is 1. The van der Waals surface area contributed by atoms with Crippen molar-refractivity contribution in [3.63, 3.8) is 0 Å². The number of pyridine rings is 1. The molecule has 0 bridgehead atoms. The number of likely N-dealkylation sites (N-methyl/N-ethyl adjacent to an activating group) is 1. The third-order valence-corrected chi connectivity index (χ3v) is 4.77. The molecular formula is C17H27N3O2. The van der Waals surface area contributed by atoms with Crippen LogP contribution in [0.25, 0.3) is 0 Å². The minimum atomic E-state index is -0.625. The van der Waals surface area contributed by atoms with E-state index in [2.05, 4.69) is 11.9 Å². The normalized spacial score (nSPS) is 22.8. The summed E-state index contributed by atoms with van der Waals surface area (Å²) in [6.45, 7) is 7.15. The van der Waals surface area contributed by atoms with Crippen molar-refractivity contribution in [2.24, 2.45) is 5.73 Å². The van der Waals surface area contributed by atoms with Crippen LogP contribution in [-0.2, 0) is 29.8 Å². The van der Waals surface area contributed by atoms with Gasteiger partial charge in [-0.3, -0.25) is 4.79 Å². The van der Waals surface area contributed by atoms with Gasteiger partial charge in [0.15, 0.2) is 0 Å². The predicted octanol–water partition coefficient (Wildman–Crippen LogP) is 1.21. The van der Waals surface area contributed by atoms with Crippen LogP contribution in [0, 0.1) is 0 Å². The summed E-state index contributed by atoms with van der Waals surface area (Å²) in [6, 6.07) is 2.03. The van der Waals surface area contributed by atoms with Gasteiger partial charge in [0.2, 0.25) is 0 Å². The fraction of sp³-hybridized carbons (Fsp3) is 0.706. The average Bonchev–Trinajstić information content (AvgIpc) is 2.93. The van der Waals surface area contributed by atoms with Crippen molar-refractivity contribution in [3.8, 4) is 0 Å². The van der Waals surface area contributed by atoms with E-state index in [-0.39, 0.29) is 11.7 Å². The molecule has 1 fully saturated rings. The second kappa shape index (κ2) is 5.80. The molecule has 5 nitrogen and oxygen atoms in total. The highest BCUT2D eigenvalue weighted by Crippen LogP contribution is 2.23. The molecule has 122 valence electrons. The lowest BCUT2D eigenvalue weighted by molar-refractivity contribution is 0.0947. The van der Waals surface area contributed by atoms with Gasteiger partial charge < -0.3 is 19.9 Å². The molecule has 3 heterocycles. The van der Waals surface area contributed by atoms with Crippen molar-refractivity contribution in [3.05, 3.63) is 33.2 Å². The zero-order valence-corrected chi connectivity index (χ0v) is 13.9. The Morgan fingerprint density at radius 2 is 2.23 bits per heavy atom. The molecule has 0 aromatic carbocycles. The molecule has 0 radical (unpaired) electrons. The minimum Gasteiger partial charge on any atom is -0.376 e. The first-order valence-corrected chi connectivity index (χ1v) is 8.21. The highest BCUT2D eigenvalue weighted by atomic mass is 16.5. The van der Waals surface area contributed by atoms with Gasteiger partial charge in [-0.25, -0.2) is 0 Å². The maximum absolute atomic E-state index is 13.0. The van der Waals surface area contributed by atoms with E-state index in [4.69, 9.17) is 10.5 Å². The Labute approximate surface area is 132 Å². The maximum Gasteiger partial charge on any atom is 0.255 e. The number of fused-ring (bicyclic) bond motifs is 1. The smallest absolute Gasteiger partial charge is 0.255 e. The van der Waals surface area contributed by atoms with Crippen LogP contribution in [0.2, 0.25) is 0 Å². The third kappa shape index (κ3) is 2.98. The molecule has 1 unspecified atom stereocenters. The van der Waals surface area contributed by atoms with E-state index >= 15 is 0 Å². The fourth-order valence-electron chi connectivity index (χ4n) is 3.51. The van der Waals surface area contributed by atoms with Crippen LogP contribution in [-0.4, -0.2) is 35.8 Å². The topological polar surface area (TPSA) is 60.5 Å². The Balaban J connectivity index is 2.08. The molecule has 2 aliphatic heterocycles. The van der Waals surface area contributed by atoms with Crippen LogP contribution >= 0.6 is 0 Å². The van der Waals surface area contributed by atoms with Crippen LogP contribution in [0.3, 0.4) is 0 Å². The van der Waals surface area contributed by atoms with Crippen LogP contribution in [0.5, 0.6) is 0 Å². The Kier molecular flexibility index (Phi) is 4.14. The van der Waals surface area contributed by atoms with Gasteiger partial charge in [0.25, 0.3) is 5.56 Å². The van der Waals surface area contributed by atoms with Gasteiger partial charge in [-0.05, 0) is 45.4 Å². The molecule has 1 atom stereocenters. The molecule has 1 aromatic heterocycles. The summed E-state index contributed by atoms with van der Waals surface area (Å²) in [5.41, 5.74) is 8.80. The molecule has 22 heavy (non-hydrogen) atoms. The third-order valence-electron chi connectivity index (χ3n) is 4.77. The Bertz CT molecular complexity index is 610. The first-order valence-electron chi connectivity index (χ1n) is 8.21. The zero-order chi connectivity index (χ0) is 15.9. The summed E-state index contributed by atoms with van der Waals surface area (Å²) >= 11 is 0. The zero-order valence-electron chi connectivity index (χ0n) is 13.9. The van der Waals surface area contributed by atoms with E-state index in [1.54, 1.807) is 0 Å². The molecule has 0 amide bonds. The Hall–Kier alpha value is -1.17. The summed E-state index contributed by atoms with van der Waals surface area (Å²) in [5.74, 6) is 0. The van der Waals surface area contributed by atoms with E-state index in [9.17, 15) is 4.79 Å². The minimum absolute atomic E-state index is 0.0614. The molecular weight excluding hydrogens is 278 g/mol. The summed E-state index contributed by atoms with van der Waals surface area (Å²) < 4.78 is 7.69. The highest BCUT2D eigenvalue weighted by molar-refractivity contribution is 5.32. The van der Waals surface area contributed by atoms with E-state index < -0.39 is 5.54 Å². The molecule has 1 aromatic rings. The molecule has 2 N–H and O–H groups in total. The largest absolute Gasteiger partial charge is 0.376 e. The van der Waals surface area contributed by atoms with Crippen molar-refractivity contribution in [2.75, 3.05) is 20.2 Å². The summed E-state index contributed by atoms with van der Waals surface area (Å²) in [6.07, 6.45) is 3.21.